The fourth-order valence-electron chi connectivity index (χ4n) is 2.78. The second-order valence-electron chi connectivity index (χ2n) is 4.69. The summed E-state index contributed by atoms with van der Waals surface area (Å²) in [6, 6.07) is 15.4. The molecule has 86 valence electrons. The molecular formula is C16H16O. The summed E-state index contributed by atoms with van der Waals surface area (Å²) in [5.74, 6) is 0.395. The van der Waals surface area contributed by atoms with E-state index >= 15 is 0 Å². The molecule has 0 spiro atoms. The molecule has 0 aliphatic heterocycles. The summed E-state index contributed by atoms with van der Waals surface area (Å²) < 4.78 is 5.38. The van der Waals surface area contributed by atoms with Crippen molar-refractivity contribution in [1.82, 2.24) is 0 Å². The zero-order valence-corrected chi connectivity index (χ0v) is 10.2. The summed E-state index contributed by atoms with van der Waals surface area (Å²) in [6.07, 6.45) is 0. The van der Waals surface area contributed by atoms with Crippen molar-refractivity contribution >= 4 is 0 Å². The molecule has 1 nitrogen and oxygen atoms in total. The summed E-state index contributed by atoms with van der Waals surface area (Å²) >= 11 is 0. The first kappa shape index (κ1) is 10.5. The highest BCUT2D eigenvalue weighted by atomic mass is 16.5. The van der Waals surface area contributed by atoms with Crippen LogP contribution in [0.3, 0.4) is 0 Å². The van der Waals surface area contributed by atoms with E-state index in [9.17, 15) is 0 Å². The first-order chi connectivity index (χ1) is 8.31. The maximum atomic E-state index is 5.38. The predicted octanol–water partition coefficient (Wildman–Crippen LogP) is 3.75. The van der Waals surface area contributed by atoms with Crippen LogP contribution >= 0.6 is 0 Å². The van der Waals surface area contributed by atoms with Crippen LogP contribution < -0.4 is 0 Å². The molecule has 0 bridgehead atoms. The maximum absolute atomic E-state index is 5.38. The third kappa shape index (κ3) is 1.58. The number of hydrogen-bond acceptors (Lipinski definition) is 1. The van der Waals surface area contributed by atoms with Crippen LogP contribution in [0, 0.1) is 6.92 Å². The average molecular weight is 224 g/mol. The SMILES string of the molecule is COCC1c2ccccc2-c2ccc(C)cc21. The van der Waals surface area contributed by atoms with Crippen LogP contribution in [0.2, 0.25) is 0 Å². The molecule has 0 amide bonds. The van der Waals surface area contributed by atoms with E-state index in [0.717, 1.165) is 6.61 Å². The van der Waals surface area contributed by atoms with Crippen LogP contribution in [-0.2, 0) is 4.74 Å². The normalized spacial score (nSPS) is 16.7. The molecule has 0 heterocycles. The number of rotatable bonds is 2. The van der Waals surface area contributed by atoms with E-state index in [0.29, 0.717) is 5.92 Å². The van der Waals surface area contributed by atoms with Crippen molar-refractivity contribution in [3.05, 3.63) is 59.2 Å². The smallest absolute Gasteiger partial charge is 0.0572 e. The van der Waals surface area contributed by atoms with Crippen molar-refractivity contribution < 1.29 is 4.74 Å². The van der Waals surface area contributed by atoms with Crippen LogP contribution in [-0.4, -0.2) is 13.7 Å². The highest BCUT2D eigenvalue weighted by Crippen LogP contribution is 2.44. The standard InChI is InChI=1S/C16H16O/c1-11-7-8-14-12-5-3-4-6-13(12)16(10-17-2)15(14)9-11/h3-9,16H,10H2,1-2H3. The number of fused-ring (bicyclic) bond motifs is 3. The van der Waals surface area contributed by atoms with Gasteiger partial charge in [0, 0.05) is 13.0 Å². The molecule has 2 aromatic carbocycles. The Morgan fingerprint density at radius 3 is 2.59 bits per heavy atom. The van der Waals surface area contributed by atoms with E-state index in [1.165, 1.54) is 27.8 Å². The topological polar surface area (TPSA) is 9.23 Å². The summed E-state index contributed by atoms with van der Waals surface area (Å²) in [6.45, 7) is 2.90. The first-order valence-corrected chi connectivity index (χ1v) is 6.00. The number of benzene rings is 2. The Labute approximate surface area is 102 Å². The van der Waals surface area contributed by atoms with Crippen LogP contribution in [0.15, 0.2) is 42.5 Å². The molecule has 1 heteroatoms. The Morgan fingerprint density at radius 1 is 1.00 bits per heavy atom. The third-order valence-corrected chi connectivity index (χ3v) is 3.54. The molecule has 2 aromatic rings. The lowest BCUT2D eigenvalue weighted by molar-refractivity contribution is 0.190. The highest BCUT2D eigenvalue weighted by molar-refractivity contribution is 5.79. The van der Waals surface area contributed by atoms with Crippen molar-refractivity contribution in [2.45, 2.75) is 12.8 Å². The van der Waals surface area contributed by atoms with E-state index in [2.05, 4.69) is 49.4 Å². The van der Waals surface area contributed by atoms with Gasteiger partial charge in [0.2, 0.25) is 0 Å². The number of methoxy groups -OCH3 is 1. The summed E-state index contributed by atoms with van der Waals surface area (Å²) in [5, 5.41) is 0. The molecule has 0 saturated heterocycles. The number of hydrogen-bond donors (Lipinski definition) is 0. The van der Waals surface area contributed by atoms with Crippen molar-refractivity contribution in [3.63, 3.8) is 0 Å². The van der Waals surface area contributed by atoms with E-state index in [4.69, 9.17) is 4.74 Å². The number of aryl methyl sites for hydroxylation is 1. The second-order valence-corrected chi connectivity index (χ2v) is 4.69. The van der Waals surface area contributed by atoms with E-state index in [1.54, 1.807) is 7.11 Å². The van der Waals surface area contributed by atoms with Gasteiger partial charge in [0.25, 0.3) is 0 Å². The molecule has 1 aliphatic carbocycles. The molecule has 1 atom stereocenters. The van der Waals surface area contributed by atoms with Crippen molar-refractivity contribution in [2.75, 3.05) is 13.7 Å². The van der Waals surface area contributed by atoms with Crippen LogP contribution in [0.25, 0.3) is 11.1 Å². The third-order valence-electron chi connectivity index (χ3n) is 3.54. The predicted molar refractivity (Wildman–Crippen MR) is 70.3 cm³/mol. The van der Waals surface area contributed by atoms with Crippen LogP contribution in [0.5, 0.6) is 0 Å². The quantitative estimate of drug-likeness (QED) is 0.754. The van der Waals surface area contributed by atoms with E-state index < -0.39 is 0 Å². The van der Waals surface area contributed by atoms with Gasteiger partial charge in [0.05, 0.1) is 6.61 Å². The van der Waals surface area contributed by atoms with Crippen molar-refractivity contribution in [1.29, 1.82) is 0 Å². The molecule has 0 fully saturated rings. The summed E-state index contributed by atoms with van der Waals surface area (Å²) in [7, 11) is 1.77. The molecule has 17 heavy (non-hydrogen) atoms. The lowest BCUT2D eigenvalue weighted by atomic mass is 9.97. The van der Waals surface area contributed by atoms with Gasteiger partial charge in [-0.1, -0.05) is 48.0 Å². The maximum Gasteiger partial charge on any atom is 0.0572 e. The Kier molecular flexibility index (Phi) is 2.49. The fraction of sp³-hybridized carbons (Fsp3) is 0.250. The monoisotopic (exact) mass is 224 g/mol. The van der Waals surface area contributed by atoms with Gasteiger partial charge in [-0.15, -0.1) is 0 Å². The molecule has 1 aliphatic rings. The fourth-order valence-corrected chi connectivity index (χ4v) is 2.78. The van der Waals surface area contributed by atoms with E-state index in [1.807, 2.05) is 0 Å². The highest BCUT2D eigenvalue weighted by Gasteiger charge is 2.27. The molecule has 1 unspecified atom stereocenters. The van der Waals surface area contributed by atoms with Gasteiger partial charge < -0.3 is 4.74 Å². The molecule has 0 aromatic heterocycles. The van der Waals surface area contributed by atoms with Gasteiger partial charge in [-0.2, -0.15) is 0 Å². The zero-order chi connectivity index (χ0) is 11.8. The van der Waals surface area contributed by atoms with Crippen LogP contribution in [0.1, 0.15) is 22.6 Å². The molecule has 0 saturated carbocycles. The van der Waals surface area contributed by atoms with Crippen molar-refractivity contribution in [2.24, 2.45) is 0 Å². The Morgan fingerprint density at radius 2 is 1.76 bits per heavy atom. The average Bonchev–Trinajstić information content (AvgIpc) is 2.65. The molecule has 0 N–H and O–H groups in total. The molecular weight excluding hydrogens is 208 g/mol. The summed E-state index contributed by atoms with van der Waals surface area (Å²) in [5.41, 5.74) is 6.86. The van der Waals surface area contributed by atoms with Gasteiger partial charge in [-0.25, -0.2) is 0 Å². The Bertz CT molecular complexity index is 557. The van der Waals surface area contributed by atoms with Crippen molar-refractivity contribution in [3.8, 4) is 11.1 Å². The minimum absolute atomic E-state index is 0.395. The minimum Gasteiger partial charge on any atom is -0.384 e. The lowest BCUT2D eigenvalue weighted by Gasteiger charge is -2.12. The Hall–Kier alpha value is -1.60. The van der Waals surface area contributed by atoms with Gasteiger partial charge in [-0.3, -0.25) is 0 Å². The molecule has 0 radical (unpaired) electrons. The van der Waals surface area contributed by atoms with Gasteiger partial charge in [0.15, 0.2) is 0 Å². The Balaban J connectivity index is 2.22. The van der Waals surface area contributed by atoms with E-state index in [-0.39, 0.29) is 0 Å². The largest absolute Gasteiger partial charge is 0.384 e. The minimum atomic E-state index is 0.395. The first-order valence-electron chi connectivity index (χ1n) is 6.00. The lowest BCUT2D eigenvalue weighted by Crippen LogP contribution is -2.04. The van der Waals surface area contributed by atoms with Gasteiger partial charge in [-0.05, 0) is 29.2 Å². The van der Waals surface area contributed by atoms with Gasteiger partial charge in [0.1, 0.15) is 0 Å². The zero-order valence-electron chi connectivity index (χ0n) is 10.2. The summed E-state index contributed by atoms with van der Waals surface area (Å²) in [4.78, 5) is 0. The second kappa shape index (κ2) is 4.01. The van der Waals surface area contributed by atoms with Crippen LogP contribution in [0.4, 0.5) is 0 Å². The van der Waals surface area contributed by atoms with Gasteiger partial charge >= 0.3 is 0 Å². The number of ether oxygens (including phenoxy) is 1. The molecule has 3 rings (SSSR count).